The summed E-state index contributed by atoms with van der Waals surface area (Å²) >= 11 is 0. The summed E-state index contributed by atoms with van der Waals surface area (Å²) in [5, 5.41) is 16.2. The zero-order valence-electron chi connectivity index (χ0n) is 14.4. The van der Waals surface area contributed by atoms with Gasteiger partial charge < -0.3 is 15.7 Å². The molecule has 0 saturated carbocycles. The van der Waals surface area contributed by atoms with Crippen molar-refractivity contribution in [2.24, 2.45) is 0 Å². The average molecular weight is 353 g/mol. The van der Waals surface area contributed by atoms with E-state index in [4.69, 9.17) is 0 Å². The Morgan fingerprint density at radius 3 is 2.46 bits per heavy atom. The molecule has 4 N–H and O–H groups in total. The average Bonchev–Trinajstić information content (AvgIpc) is 2.78. The zero-order chi connectivity index (χ0) is 18.7. The van der Waals surface area contributed by atoms with E-state index in [-0.39, 0.29) is 17.0 Å². The van der Waals surface area contributed by atoms with E-state index in [1.165, 1.54) is 14.0 Å². The third-order valence-electron chi connectivity index (χ3n) is 4.19. The number of hydroxylamine groups is 1. The van der Waals surface area contributed by atoms with Gasteiger partial charge in [-0.15, -0.1) is 0 Å². The number of phenolic OH excluding ortho intramolecular Hbond substituents is 1. The number of phenols is 1. The number of hydrogen-bond donors (Lipinski definition) is 4. The first-order valence-electron chi connectivity index (χ1n) is 8.01. The second-order valence-corrected chi connectivity index (χ2v) is 5.81. The number of fused-ring (bicyclic) bond motifs is 1. The first-order valence-corrected chi connectivity index (χ1v) is 8.01. The molecule has 0 radical (unpaired) electrons. The van der Waals surface area contributed by atoms with Gasteiger partial charge in [0.1, 0.15) is 11.4 Å². The molecule has 1 atom stereocenters. The Morgan fingerprint density at radius 2 is 1.77 bits per heavy atom. The first-order chi connectivity index (χ1) is 12.5. The highest BCUT2D eigenvalue weighted by molar-refractivity contribution is 6.10. The van der Waals surface area contributed by atoms with Crippen LogP contribution >= 0.6 is 0 Å². The standard InChI is InChI=1S/C19H19N3O4/c1-11(18(24)22-26-2)16-19(25)20-14-9-5-3-7-12(14)17(21-16)13-8-4-6-10-15(13)23/h3-10,17,21,23H,1-2H3,(H,20,25)(H,22,24)/b16-11-/t17-/m1/s1. The van der Waals surface area contributed by atoms with Crippen molar-refractivity contribution in [3.8, 4) is 5.75 Å². The van der Waals surface area contributed by atoms with Crippen LogP contribution in [0.4, 0.5) is 5.69 Å². The quantitative estimate of drug-likeness (QED) is 0.499. The van der Waals surface area contributed by atoms with Crippen LogP contribution in [-0.4, -0.2) is 24.0 Å². The molecule has 2 aromatic rings. The SMILES string of the molecule is CONC(=O)/C(C)=C1\N[C@@H](c2ccccc2O)c2ccccc2NC1=O. The summed E-state index contributed by atoms with van der Waals surface area (Å²) in [5.41, 5.74) is 4.44. The molecule has 3 rings (SSSR count). The van der Waals surface area contributed by atoms with E-state index in [9.17, 15) is 14.7 Å². The molecule has 2 aromatic carbocycles. The number of anilines is 1. The monoisotopic (exact) mass is 353 g/mol. The maximum absolute atomic E-state index is 12.7. The lowest BCUT2D eigenvalue weighted by Crippen LogP contribution is -2.32. The van der Waals surface area contributed by atoms with Crippen LogP contribution in [0.3, 0.4) is 0 Å². The predicted octanol–water partition coefficient (Wildman–Crippen LogP) is 1.97. The Balaban J connectivity index is 2.15. The molecule has 134 valence electrons. The van der Waals surface area contributed by atoms with Crippen LogP contribution in [-0.2, 0) is 14.4 Å². The number of carbonyl (C=O) groups is 2. The molecule has 1 aliphatic heterocycles. The minimum Gasteiger partial charge on any atom is -0.508 e. The topological polar surface area (TPSA) is 99.7 Å². The van der Waals surface area contributed by atoms with E-state index in [0.717, 1.165) is 5.56 Å². The Bertz CT molecular complexity index is 892. The minimum absolute atomic E-state index is 0.0903. The van der Waals surface area contributed by atoms with Crippen molar-refractivity contribution >= 4 is 17.5 Å². The molecule has 0 fully saturated rings. The molecule has 1 aliphatic rings. The van der Waals surface area contributed by atoms with Crippen LogP contribution in [0.15, 0.2) is 59.8 Å². The normalized spacial score (nSPS) is 18.1. The number of carbonyl (C=O) groups excluding carboxylic acids is 2. The number of amides is 2. The van der Waals surface area contributed by atoms with Gasteiger partial charge >= 0.3 is 0 Å². The van der Waals surface area contributed by atoms with Crippen molar-refractivity contribution in [2.75, 3.05) is 12.4 Å². The molecular weight excluding hydrogens is 334 g/mol. The summed E-state index contributed by atoms with van der Waals surface area (Å²) in [5.74, 6) is -0.890. The van der Waals surface area contributed by atoms with Crippen molar-refractivity contribution in [1.29, 1.82) is 0 Å². The van der Waals surface area contributed by atoms with Gasteiger partial charge in [-0.2, -0.15) is 0 Å². The number of rotatable bonds is 3. The van der Waals surface area contributed by atoms with Crippen LogP contribution in [0, 0.1) is 0 Å². The molecule has 0 unspecified atom stereocenters. The van der Waals surface area contributed by atoms with Crippen molar-refractivity contribution in [2.45, 2.75) is 13.0 Å². The number of para-hydroxylation sites is 2. The molecule has 0 bridgehead atoms. The molecular formula is C19H19N3O4. The third kappa shape index (κ3) is 3.25. The molecule has 7 heteroatoms. The summed E-state index contributed by atoms with van der Waals surface area (Å²) in [7, 11) is 1.32. The minimum atomic E-state index is -0.535. The van der Waals surface area contributed by atoms with E-state index in [1.54, 1.807) is 36.4 Å². The fourth-order valence-corrected chi connectivity index (χ4v) is 2.87. The van der Waals surface area contributed by atoms with E-state index in [0.29, 0.717) is 11.3 Å². The first kappa shape index (κ1) is 17.5. The Hall–Kier alpha value is -3.32. The van der Waals surface area contributed by atoms with Gasteiger partial charge in [0.2, 0.25) is 0 Å². The molecule has 26 heavy (non-hydrogen) atoms. The van der Waals surface area contributed by atoms with Gasteiger partial charge in [0.05, 0.1) is 13.2 Å². The van der Waals surface area contributed by atoms with Crippen molar-refractivity contribution in [3.63, 3.8) is 0 Å². The lowest BCUT2D eigenvalue weighted by molar-refractivity contribution is -0.127. The highest BCUT2D eigenvalue weighted by Gasteiger charge is 2.29. The highest BCUT2D eigenvalue weighted by Crippen LogP contribution is 2.36. The van der Waals surface area contributed by atoms with Crippen LogP contribution in [0.1, 0.15) is 24.1 Å². The summed E-state index contributed by atoms with van der Waals surface area (Å²) in [6.07, 6.45) is 0. The van der Waals surface area contributed by atoms with Gasteiger partial charge in [0, 0.05) is 22.4 Å². The molecule has 0 aliphatic carbocycles. The molecule has 0 aromatic heterocycles. The Kier molecular flexibility index (Phi) is 4.90. The lowest BCUT2D eigenvalue weighted by Gasteiger charge is -2.21. The summed E-state index contributed by atoms with van der Waals surface area (Å²) in [4.78, 5) is 29.4. The maximum Gasteiger partial charge on any atom is 0.272 e. The second-order valence-electron chi connectivity index (χ2n) is 5.81. The van der Waals surface area contributed by atoms with Crippen LogP contribution in [0.25, 0.3) is 0 Å². The smallest absolute Gasteiger partial charge is 0.272 e. The Labute approximate surface area is 150 Å². The van der Waals surface area contributed by atoms with Crippen LogP contribution in [0.5, 0.6) is 5.75 Å². The number of benzene rings is 2. The fourth-order valence-electron chi connectivity index (χ4n) is 2.87. The summed E-state index contributed by atoms with van der Waals surface area (Å²) in [6, 6.07) is 13.6. The van der Waals surface area contributed by atoms with Gasteiger partial charge in [-0.05, 0) is 19.1 Å². The Morgan fingerprint density at radius 1 is 1.12 bits per heavy atom. The molecule has 0 spiro atoms. The number of nitrogens with one attached hydrogen (secondary N) is 3. The molecule has 1 heterocycles. The largest absolute Gasteiger partial charge is 0.508 e. The zero-order valence-corrected chi connectivity index (χ0v) is 14.4. The predicted molar refractivity (Wildman–Crippen MR) is 96.0 cm³/mol. The van der Waals surface area contributed by atoms with Gasteiger partial charge in [0.15, 0.2) is 0 Å². The molecule has 0 saturated heterocycles. The van der Waals surface area contributed by atoms with Gasteiger partial charge in [-0.1, -0.05) is 36.4 Å². The highest BCUT2D eigenvalue weighted by atomic mass is 16.6. The van der Waals surface area contributed by atoms with Crippen LogP contribution in [0.2, 0.25) is 0 Å². The molecule has 2 amide bonds. The van der Waals surface area contributed by atoms with E-state index in [1.807, 2.05) is 12.1 Å². The van der Waals surface area contributed by atoms with Gasteiger partial charge in [-0.25, -0.2) is 5.48 Å². The maximum atomic E-state index is 12.7. The van der Waals surface area contributed by atoms with E-state index < -0.39 is 17.9 Å². The van der Waals surface area contributed by atoms with E-state index in [2.05, 4.69) is 21.0 Å². The third-order valence-corrected chi connectivity index (χ3v) is 4.19. The number of aromatic hydroxyl groups is 1. The van der Waals surface area contributed by atoms with Crippen molar-refractivity contribution < 1.29 is 19.5 Å². The summed E-state index contributed by atoms with van der Waals surface area (Å²) in [6.45, 7) is 1.52. The second kappa shape index (κ2) is 7.28. The van der Waals surface area contributed by atoms with Crippen molar-refractivity contribution in [1.82, 2.24) is 10.8 Å². The van der Waals surface area contributed by atoms with Crippen molar-refractivity contribution in [3.05, 3.63) is 70.9 Å². The number of hydrogen-bond acceptors (Lipinski definition) is 5. The van der Waals surface area contributed by atoms with Gasteiger partial charge in [0.25, 0.3) is 11.8 Å². The summed E-state index contributed by atoms with van der Waals surface area (Å²) < 4.78 is 0. The van der Waals surface area contributed by atoms with Gasteiger partial charge in [-0.3, -0.25) is 14.4 Å². The lowest BCUT2D eigenvalue weighted by atomic mass is 9.96. The van der Waals surface area contributed by atoms with E-state index >= 15 is 0 Å². The molecule has 7 nitrogen and oxygen atoms in total. The van der Waals surface area contributed by atoms with Crippen LogP contribution < -0.4 is 16.1 Å². The fraction of sp³-hybridized carbons (Fsp3) is 0.158.